The molecule has 0 fully saturated rings. The highest BCUT2D eigenvalue weighted by molar-refractivity contribution is 7.90. The number of hydrogen-bond donors (Lipinski definition) is 0. The van der Waals surface area contributed by atoms with Crippen molar-refractivity contribution in [1.29, 1.82) is 0 Å². The molecule has 0 radical (unpaired) electrons. The normalized spacial score (nSPS) is 14.2. The lowest BCUT2D eigenvalue weighted by Gasteiger charge is -2.29. The summed E-state index contributed by atoms with van der Waals surface area (Å²) in [5.74, 6) is -0.0190. The molecule has 10 heteroatoms. The van der Waals surface area contributed by atoms with Gasteiger partial charge in [0.2, 0.25) is 0 Å². The van der Waals surface area contributed by atoms with Crippen molar-refractivity contribution in [2.75, 3.05) is 18.0 Å². The SMILES string of the molecule is CCCN(C(=O)c1cc(-c2cc3c4cc2C(=O)OSOC(=O)N(CC3)C4)n(C)c1C)c1ccc(OCc2ccccc2)cc1. The van der Waals surface area contributed by atoms with E-state index < -0.39 is 12.1 Å². The number of rotatable bonds is 8. The number of ether oxygens (including phenoxy) is 1. The van der Waals surface area contributed by atoms with Crippen molar-refractivity contribution >= 4 is 36.0 Å². The van der Waals surface area contributed by atoms with E-state index >= 15 is 0 Å². The molecule has 0 aliphatic carbocycles. The smallest absolute Gasteiger partial charge is 0.424 e. The van der Waals surface area contributed by atoms with Gasteiger partial charge in [-0.3, -0.25) is 4.79 Å². The zero-order valence-electron chi connectivity index (χ0n) is 24.9. The summed E-state index contributed by atoms with van der Waals surface area (Å²) in [6.07, 6.45) is 0.867. The number of hydrogen-bond acceptors (Lipinski definition) is 7. The number of carbonyl (C=O) groups is 3. The minimum atomic E-state index is -0.617. The fourth-order valence-corrected chi connectivity index (χ4v) is 6.02. The van der Waals surface area contributed by atoms with Gasteiger partial charge in [-0.2, -0.15) is 0 Å². The average molecular weight is 612 g/mol. The van der Waals surface area contributed by atoms with Gasteiger partial charge in [0.25, 0.3) is 18.2 Å². The van der Waals surface area contributed by atoms with Crippen LogP contribution in [0.2, 0.25) is 0 Å². The molecule has 0 spiro atoms. The third-order valence-corrected chi connectivity index (χ3v) is 8.61. The summed E-state index contributed by atoms with van der Waals surface area (Å²) in [6.45, 7) is 5.80. The summed E-state index contributed by atoms with van der Waals surface area (Å²) in [7, 11) is 1.89. The summed E-state index contributed by atoms with van der Waals surface area (Å²) in [5, 5.41) is 0. The predicted octanol–water partition coefficient (Wildman–Crippen LogP) is 6.86. The summed E-state index contributed by atoms with van der Waals surface area (Å²) in [4.78, 5) is 42.9. The molecular weight excluding hydrogens is 578 g/mol. The van der Waals surface area contributed by atoms with E-state index in [0.29, 0.717) is 61.7 Å². The van der Waals surface area contributed by atoms with Crippen LogP contribution in [0.25, 0.3) is 11.3 Å². The Balaban J connectivity index is 1.30. The first-order chi connectivity index (χ1) is 21.3. The van der Waals surface area contributed by atoms with Crippen LogP contribution in [0.1, 0.15) is 56.4 Å². The van der Waals surface area contributed by atoms with Crippen LogP contribution in [0.3, 0.4) is 0 Å². The third kappa shape index (κ3) is 5.77. The molecule has 0 saturated heterocycles. The van der Waals surface area contributed by atoms with Gasteiger partial charge in [-0.25, -0.2) is 9.59 Å². The van der Waals surface area contributed by atoms with Gasteiger partial charge < -0.3 is 27.5 Å². The third-order valence-electron chi connectivity index (χ3n) is 8.18. The van der Waals surface area contributed by atoms with E-state index in [0.717, 1.165) is 45.9 Å². The van der Waals surface area contributed by atoms with Crippen LogP contribution >= 0.6 is 12.3 Å². The summed E-state index contributed by atoms with van der Waals surface area (Å²) in [5.41, 5.74) is 6.85. The zero-order chi connectivity index (χ0) is 30.8. The topological polar surface area (TPSA) is 90.3 Å². The first-order valence-electron chi connectivity index (χ1n) is 14.6. The van der Waals surface area contributed by atoms with Crippen molar-refractivity contribution in [1.82, 2.24) is 9.47 Å². The van der Waals surface area contributed by atoms with Crippen molar-refractivity contribution in [2.24, 2.45) is 7.05 Å². The molecule has 2 aliphatic rings. The molecule has 44 heavy (non-hydrogen) atoms. The first kappa shape index (κ1) is 29.4. The number of benzene rings is 3. The van der Waals surface area contributed by atoms with E-state index in [-0.39, 0.29) is 5.91 Å². The molecule has 0 unspecified atom stereocenters. The minimum Gasteiger partial charge on any atom is -0.489 e. The molecule has 0 N–H and O–H groups in total. The quantitative estimate of drug-likeness (QED) is 0.201. The molecule has 6 rings (SSSR count). The van der Waals surface area contributed by atoms with E-state index in [1.807, 2.05) is 92.2 Å². The Kier molecular flexibility index (Phi) is 8.34. The van der Waals surface area contributed by atoms with Gasteiger partial charge in [0, 0.05) is 49.3 Å². The van der Waals surface area contributed by atoms with Crippen LogP contribution in [0.5, 0.6) is 5.75 Å². The lowest BCUT2D eigenvalue weighted by Crippen LogP contribution is -2.36. The molecule has 2 amide bonds. The Hall–Kier alpha value is -4.70. The molecule has 0 atom stereocenters. The molecule has 3 aromatic carbocycles. The summed E-state index contributed by atoms with van der Waals surface area (Å²) in [6, 6.07) is 23.2. The maximum atomic E-state index is 14.1. The highest BCUT2D eigenvalue weighted by atomic mass is 32.2. The molecule has 9 nitrogen and oxygen atoms in total. The van der Waals surface area contributed by atoms with E-state index in [4.69, 9.17) is 13.1 Å². The van der Waals surface area contributed by atoms with Crippen molar-refractivity contribution in [3.05, 3.63) is 106 Å². The second-order valence-electron chi connectivity index (χ2n) is 10.9. The van der Waals surface area contributed by atoms with Gasteiger partial charge in [-0.1, -0.05) is 37.3 Å². The van der Waals surface area contributed by atoms with Gasteiger partial charge in [0.15, 0.2) is 0 Å². The largest absolute Gasteiger partial charge is 0.489 e. The second kappa shape index (κ2) is 12.5. The maximum absolute atomic E-state index is 14.1. The number of amides is 2. The van der Waals surface area contributed by atoms with Crippen LogP contribution in [0.15, 0.2) is 72.8 Å². The molecule has 3 bridgehead atoms. The van der Waals surface area contributed by atoms with Gasteiger partial charge in [-0.05, 0) is 78.9 Å². The van der Waals surface area contributed by atoms with E-state index in [9.17, 15) is 14.4 Å². The van der Waals surface area contributed by atoms with E-state index in [1.54, 1.807) is 15.9 Å². The first-order valence-corrected chi connectivity index (χ1v) is 15.3. The minimum absolute atomic E-state index is 0.126. The Morgan fingerprint density at radius 3 is 2.48 bits per heavy atom. The Labute approximate surface area is 260 Å². The highest BCUT2D eigenvalue weighted by Crippen LogP contribution is 2.35. The van der Waals surface area contributed by atoms with Gasteiger partial charge in [-0.15, -0.1) is 0 Å². The van der Waals surface area contributed by atoms with Crippen LogP contribution < -0.4 is 9.64 Å². The molecule has 4 aromatic rings. The molecule has 226 valence electrons. The van der Waals surface area contributed by atoms with E-state index in [2.05, 4.69) is 0 Å². The van der Waals surface area contributed by atoms with Crippen molar-refractivity contribution in [2.45, 2.75) is 39.8 Å². The fourth-order valence-electron chi connectivity index (χ4n) is 5.67. The second-order valence-corrected chi connectivity index (χ2v) is 11.4. The van der Waals surface area contributed by atoms with Crippen molar-refractivity contribution in [3.63, 3.8) is 0 Å². The molecule has 3 heterocycles. The standard InChI is InChI=1S/C34H33N3O6S/c1-4-15-37(26-10-12-27(13-11-26)41-21-23-8-6-5-7-9-23)32(38)28-19-31(35(3)22(28)2)29-17-24-14-16-36-20-25(24)18-30(29)33(39)42-44-43-34(36)40/h5-13,17-19H,4,14-16,20-21H2,1-3H3. The fraction of sp³-hybridized carbons (Fsp3) is 0.265. The molecule has 1 aromatic heterocycles. The van der Waals surface area contributed by atoms with Crippen molar-refractivity contribution in [3.8, 4) is 17.0 Å². The molecular formula is C34H33N3O6S. The van der Waals surface area contributed by atoms with Gasteiger partial charge in [0.1, 0.15) is 12.4 Å². The summed E-state index contributed by atoms with van der Waals surface area (Å²) < 4.78 is 18.2. The lowest BCUT2D eigenvalue weighted by atomic mass is 9.92. The number of nitrogens with zero attached hydrogens (tertiary/aromatic N) is 3. The lowest BCUT2D eigenvalue weighted by molar-refractivity contribution is 0.0749. The average Bonchev–Trinajstić information content (AvgIpc) is 3.35. The number of aromatic nitrogens is 1. The van der Waals surface area contributed by atoms with Crippen LogP contribution in [-0.2, 0) is 35.0 Å². The maximum Gasteiger partial charge on any atom is 0.424 e. The highest BCUT2D eigenvalue weighted by Gasteiger charge is 2.30. The van der Waals surface area contributed by atoms with E-state index in [1.165, 1.54) is 0 Å². The Bertz CT molecular complexity index is 1720. The van der Waals surface area contributed by atoms with Crippen molar-refractivity contribution < 1.29 is 27.5 Å². The monoisotopic (exact) mass is 611 g/mol. The summed E-state index contributed by atoms with van der Waals surface area (Å²) >= 11 is 0.372. The predicted molar refractivity (Wildman–Crippen MR) is 168 cm³/mol. The van der Waals surface area contributed by atoms with Gasteiger partial charge >= 0.3 is 12.1 Å². The van der Waals surface area contributed by atoms with Gasteiger partial charge in [0.05, 0.1) is 11.1 Å². The van der Waals surface area contributed by atoms with Crippen LogP contribution in [-0.4, -0.2) is 40.5 Å². The van der Waals surface area contributed by atoms with Crippen LogP contribution in [0.4, 0.5) is 10.5 Å². The Morgan fingerprint density at radius 2 is 1.73 bits per heavy atom. The van der Waals surface area contributed by atoms with Crippen LogP contribution in [0, 0.1) is 6.92 Å². The zero-order valence-corrected chi connectivity index (χ0v) is 25.7. The molecule has 2 aliphatic heterocycles. The number of anilines is 1. The number of fused-ring (bicyclic) bond motifs is 2. The number of carbonyl (C=O) groups excluding carboxylic acids is 3. The molecule has 0 saturated carbocycles. The Morgan fingerprint density at radius 1 is 0.977 bits per heavy atom.